The largest absolute Gasteiger partial charge is 0.496 e. The Hall–Kier alpha value is -2.11. The SMILES string of the molecule is COc1ccc(F)cc1C(=O)N(C)CC1CC(=O)N(C2CCCC2)C1. The zero-order valence-corrected chi connectivity index (χ0v) is 14.8. The highest BCUT2D eigenvalue weighted by molar-refractivity contribution is 5.96. The van der Waals surface area contributed by atoms with E-state index in [0.29, 0.717) is 31.3 Å². The molecular formula is C19H25FN2O3. The van der Waals surface area contributed by atoms with Crippen LogP contribution >= 0.6 is 0 Å². The first kappa shape index (κ1) is 17.7. The number of rotatable bonds is 5. The van der Waals surface area contributed by atoms with E-state index in [4.69, 9.17) is 4.74 Å². The average Bonchev–Trinajstić information content (AvgIpc) is 3.23. The molecule has 1 aliphatic carbocycles. The fourth-order valence-electron chi connectivity index (χ4n) is 4.02. The van der Waals surface area contributed by atoms with Gasteiger partial charge in [0.25, 0.3) is 5.91 Å². The molecule has 1 aromatic rings. The summed E-state index contributed by atoms with van der Waals surface area (Å²) in [6, 6.07) is 4.30. The van der Waals surface area contributed by atoms with Crippen LogP contribution in [0.3, 0.4) is 0 Å². The standard InChI is InChI=1S/C19H25FN2O3/c1-21(19(24)16-10-14(20)7-8-17(16)25-2)11-13-9-18(23)22(12-13)15-5-3-4-6-15/h7-8,10,13,15H,3-6,9,11-12H2,1-2H3. The minimum absolute atomic E-state index is 0.126. The smallest absolute Gasteiger partial charge is 0.257 e. The number of hydrogen-bond donors (Lipinski definition) is 0. The monoisotopic (exact) mass is 348 g/mol. The quantitative estimate of drug-likeness (QED) is 0.822. The van der Waals surface area contributed by atoms with E-state index in [1.807, 2.05) is 4.90 Å². The summed E-state index contributed by atoms with van der Waals surface area (Å²) in [5.41, 5.74) is 0.210. The Morgan fingerprint density at radius 3 is 2.76 bits per heavy atom. The van der Waals surface area contributed by atoms with Gasteiger partial charge < -0.3 is 14.5 Å². The van der Waals surface area contributed by atoms with Gasteiger partial charge in [0.15, 0.2) is 0 Å². The van der Waals surface area contributed by atoms with E-state index in [9.17, 15) is 14.0 Å². The van der Waals surface area contributed by atoms with Crippen molar-refractivity contribution >= 4 is 11.8 Å². The van der Waals surface area contributed by atoms with Crippen LogP contribution in [-0.2, 0) is 4.79 Å². The molecule has 3 rings (SSSR count). The number of benzene rings is 1. The van der Waals surface area contributed by atoms with Crippen LogP contribution in [0.25, 0.3) is 0 Å². The lowest BCUT2D eigenvalue weighted by atomic mass is 10.1. The van der Waals surface area contributed by atoms with Gasteiger partial charge in [-0.2, -0.15) is 0 Å². The van der Waals surface area contributed by atoms with Crippen LogP contribution in [0.15, 0.2) is 18.2 Å². The van der Waals surface area contributed by atoms with Gasteiger partial charge >= 0.3 is 0 Å². The van der Waals surface area contributed by atoms with Gasteiger partial charge in [0.2, 0.25) is 5.91 Å². The third-order valence-electron chi connectivity index (χ3n) is 5.27. The van der Waals surface area contributed by atoms with Gasteiger partial charge in [-0.15, -0.1) is 0 Å². The molecule has 1 heterocycles. The van der Waals surface area contributed by atoms with Crippen LogP contribution in [0.5, 0.6) is 5.75 Å². The van der Waals surface area contributed by atoms with E-state index in [1.165, 1.54) is 38.2 Å². The number of halogens is 1. The van der Waals surface area contributed by atoms with Gasteiger partial charge in [-0.1, -0.05) is 12.8 Å². The van der Waals surface area contributed by atoms with Gasteiger partial charge in [-0.05, 0) is 31.0 Å². The summed E-state index contributed by atoms with van der Waals surface area (Å²) in [5, 5.41) is 0. The first-order valence-electron chi connectivity index (χ1n) is 8.88. The third-order valence-corrected chi connectivity index (χ3v) is 5.27. The van der Waals surface area contributed by atoms with E-state index < -0.39 is 5.82 Å². The summed E-state index contributed by atoms with van der Waals surface area (Å²) < 4.78 is 18.7. The molecule has 25 heavy (non-hydrogen) atoms. The Morgan fingerprint density at radius 2 is 2.08 bits per heavy atom. The van der Waals surface area contributed by atoms with E-state index in [1.54, 1.807) is 11.9 Å². The van der Waals surface area contributed by atoms with Crippen LogP contribution < -0.4 is 4.74 Å². The van der Waals surface area contributed by atoms with Gasteiger partial charge in [0, 0.05) is 38.5 Å². The Bertz CT molecular complexity index is 658. The van der Waals surface area contributed by atoms with Gasteiger partial charge in [0.1, 0.15) is 11.6 Å². The van der Waals surface area contributed by atoms with Crippen molar-refractivity contribution in [1.29, 1.82) is 0 Å². The molecule has 0 N–H and O–H groups in total. The molecule has 1 unspecified atom stereocenters. The van der Waals surface area contributed by atoms with Crippen molar-refractivity contribution < 1.29 is 18.7 Å². The summed E-state index contributed by atoms with van der Waals surface area (Å²) in [5.74, 6) is -0.0832. The van der Waals surface area contributed by atoms with E-state index in [-0.39, 0.29) is 23.3 Å². The molecule has 0 spiro atoms. The molecule has 6 heteroatoms. The molecular weight excluding hydrogens is 323 g/mol. The highest BCUT2D eigenvalue weighted by atomic mass is 19.1. The fraction of sp³-hybridized carbons (Fsp3) is 0.579. The van der Waals surface area contributed by atoms with Crippen molar-refractivity contribution in [2.75, 3.05) is 27.2 Å². The second-order valence-electron chi connectivity index (χ2n) is 7.08. The van der Waals surface area contributed by atoms with Gasteiger partial charge in [-0.25, -0.2) is 4.39 Å². The molecule has 136 valence electrons. The number of amides is 2. The second-order valence-corrected chi connectivity index (χ2v) is 7.08. The molecule has 5 nitrogen and oxygen atoms in total. The molecule has 2 aliphatic rings. The van der Waals surface area contributed by atoms with Crippen LogP contribution in [-0.4, -0.2) is 54.9 Å². The highest BCUT2D eigenvalue weighted by Crippen LogP contribution is 2.30. The van der Waals surface area contributed by atoms with E-state index in [2.05, 4.69) is 0 Å². The highest BCUT2D eigenvalue weighted by Gasteiger charge is 2.36. The lowest BCUT2D eigenvalue weighted by molar-refractivity contribution is -0.129. The number of hydrogen-bond acceptors (Lipinski definition) is 3. The maximum atomic E-state index is 13.5. The molecule has 1 saturated heterocycles. The Balaban J connectivity index is 1.64. The number of carbonyl (C=O) groups is 2. The maximum absolute atomic E-state index is 13.5. The molecule has 0 bridgehead atoms. The van der Waals surface area contributed by atoms with E-state index >= 15 is 0 Å². The molecule has 0 aromatic heterocycles. The van der Waals surface area contributed by atoms with Crippen LogP contribution in [0.1, 0.15) is 42.5 Å². The molecule has 2 amide bonds. The maximum Gasteiger partial charge on any atom is 0.257 e. The van der Waals surface area contributed by atoms with Crippen molar-refractivity contribution in [2.24, 2.45) is 5.92 Å². The Labute approximate surface area is 147 Å². The molecule has 2 fully saturated rings. The number of carbonyl (C=O) groups excluding carboxylic acids is 2. The summed E-state index contributed by atoms with van der Waals surface area (Å²) >= 11 is 0. The lowest BCUT2D eigenvalue weighted by Crippen LogP contribution is -2.36. The Kier molecular flexibility index (Phi) is 5.25. The van der Waals surface area contributed by atoms with Crippen molar-refractivity contribution in [3.8, 4) is 5.75 Å². The number of nitrogens with zero attached hydrogens (tertiary/aromatic N) is 2. The normalized spacial score (nSPS) is 21.0. The number of likely N-dealkylation sites (tertiary alicyclic amines) is 1. The predicted octanol–water partition coefficient (Wildman–Crippen LogP) is 2.70. The zero-order chi connectivity index (χ0) is 18.0. The summed E-state index contributed by atoms with van der Waals surface area (Å²) in [4.78, 5) is 28.5. The number of methoxy groups -OCH3 is 1. The lowest BCUT2D eigenvalue weighted by Gasteiger charge is -2.25. The summed E-state index contributed by atoms with van der Waals surface area (Å²) in [7, 11) is 3.15. The molecule has 1 aliphatic heterocycles. The molecule has 0 radical (unpaired) electrons. The van der Waals surface area contributed by atoms with Crippen LogP contribution in [0.2, 0.25) is 0 Å². The topological polar surface area (TPSA) is 49.9 Å². The predicted molar refractivity (Wildman–Crippen MR) is 92.0 cm³/mol. The summed E-state index contributed by atoms with van der Waals surface area (Å²) in [6.45, 7) is 1.19. The van der Waals surface area contributed by atoms with Crippen molar-refractivity contribution in [3.63, 3.8) is 0 Å². The zero-order valence-electron chi connectivity index (χ0n) is 14.8. The minimum Gasteiger partial charge on any atom is -0.496 e. The Morgan fingerprint density at radius 1 is 1.36 bits per heavy atom. The third kappa shape index (κ3) is 3.78. The van der Waals surface area contributed by atoms with E-state index in [0.717, 1.165) is 12.8 Å². The first-order valence-corrected chi connectivity index (χ1v) is 8.88. The minimum atomic E-state index is -0.471. The second kappa shape index (κ2) is 7.42. The first-order chi connectivity index (χ1) is 12.0. The van der Waals surface area contributed by atoms with Crippen LogP contribution in [0, 0.1) is 11.7 Å². The average molecular weight is 348 g/mol. The van der Waals surface area contributed by atoms with Crippen molar-refractivity contribution in [3.05, 3.63) is 29.6 Å². The molecule has 1 aromatic carbocycles. The van der Waals surface area contributed by atoms with Gasteiger partial charge in [-0.3, -0.25) is 9.59 Å². The fourth-order valence-corrected chi connectivity index (χ4v) is 4.02. The van der Waals surface area contributed by atoms with Crippen LogP contribution in [0.4, 0.5) is 4.39 Å². The molecule has 1 saturated carbocycles. The summed E-state index contributed by atoms with van der Waals surface area (Å²) in [6.07, 6.45) is 5.05. The number of ether oxygens (including phenoxy) is 1. The molecule has 1 atom stereocenters. The van der Waals surface area contributed by atoms with Crippen molar-refractivity contribution in [2.45, 2.75) is 38.1 Å². The van der Waals surface area contributed by atoms with Crippen molar-refractivity contribution in [1.82, 2.24) is 9.80 Å². The van der Waals surface area contributed by atoms with Gasteiger partial charge in [0.05, 0.1) is 12.7 Å².